The van der Waals surface area contributed by atoms with Crippen molar-refractivity contribution >= 4 is 11.8 Å². The molecule has 0 fully saturated rings. The van der Waals surface area contributed by atoms with Gasteiger partial charge in [0.15, 0.2) is 0 Å². The van der Waals surface area contributed by atoms with Gasteiger partial charge in [0.2, 0.25) is 0 Å². The highest BCUT2D eigenvalue weighted by molar-refractivity contribution is 5.65. The fraction of sp³-hybridized carbons (Fsp3) is 0.353. The second-order valence-corrected chi connectivity index (χ2v) is 5.13. The molecule has 0 heterocycles. The molecule has 0 aliphatic heterocycles. The molecule has 2 nitrogen and oxygen atoms in total. The van der Waals surface area contributed by atoms with Crippen molar-refractivity contribution in [2.75, 3.05) is 19.0 Å². The molecule has 2 heteroatoms. The Kier molecular flexibility index (Phi) is 4.41. The van der Waals surface area contributed by atoms with Gasteiger partial charge >= 0.3 is 0 Å². The number of hydrogen-bond acceptors (Lipinski definition) is 2. The summed E-state index contributed by atoms with van der Waals surface area (Å²) >= 11 is 0. The van der Waals surface area contributed by atoms with Crippen LogP contribution in [-0.4, -0.2) is 14.1 Å². The van der Waals surface area contributed by atoms with Crippen LogP contribution in [0.2, 0.25) is 0 Å². The highest BCUT2D eigenvalue weighted by Crippen LogP contribution is 2.25. The van der Waals surface area contributed by atoms with Crippen LogP contribution in [0.25, 0.3) is 6.08 Å². The average Bonchev–Trinajstić information content (AvgIpc) is 2.46. The van der Waals surface area contributed by atoms with E-state index in [2.05, 4.69) is 41.3 Å². The Morgan fingerprint density at radius 2 is 1.95 bits per heavy atom. The van der Waals surface area contributed by atoms with Crippen LogP contribution >= 0.6 is 0 Å². The van der Waals surface area contributed by atoms with Crippen LogP contribution in [0.3, 0.4) is 0 Å². The van der Waals surface area contributed by atoms with Crippen molar-refractivity contribution in [3.8, 4) is 6.07 Å². The third kappa shape index (κ3) is 3.48. The predicted octanol–water partition coefficient (Wildman–Crippen LogP) is 4.16. The first-order valence-electron chi connectivity index (χ1n) is 6.79. The molecule has 98 valence electrons. The minimum absolute atomic E-state index is 0.817. The summed E-state index contributed by atoms with van der Waals surface area (Å²) in [4.78, 5) is 2.07. The first-order valence-corrected chi connectivity index (χ1v) is 6.79. The maximum atomic E-state index is 9.32. The van der Waals surface area contributed by atoms with Crippen molar-refractivity contribution < 1.29 is 0 Å². The van der Waals surface area contributed by atoms with Crippen LogP contribution < -0.4 is 4.90 Å². The molecule has 0 saturated carbocycles. The summed E-state index contributed by atoms with van der Waals surface area (Å²) in [6, 6.07) is 10.6. The summed E-state index contributed by atoms with van der Waals surface area (Å²) in [7, 11) is 4.05. The lowest BCUT2D eigenvalue weighted by atomic mass is 9.93. The SMILES string of the molecule is CN(C)c1ccc(/C=C(\C#N)C2=CCCCC2)cc1. The smallest absolute Gasteiger partial charge is 0.0994 e. The van der Waals surface area contributed by atoms with Crippen molar-refractivity contribution in [2.24, 2.45) is 0 Å². The molecular weight excluding hydrogens is 232 g/mol. The van der Waals surface area contributed by atoms with Crippen molar-refractivity contribution in [1.82, 2.24) is 0 Å². The molecule has 1 aliphatic rings. The van der Waals surface area contributed by atoms with Crippen LogP contribution in [0.1, 0.15) is 31.2 Å². The first kappa shape index (κ1) is 13.4. The van der Waals surface area contributed by atoms with Crippen molar-refractivity contribution in [3.05, 3.63) is 47.1 Å². The molecule has 0 saturated heterocycles. The van der Waals surface area contributed by atoms with E-state index in [1.807, 2.05) is 20.2 Å². The molecule has 19 heavy (non-hydrogen) atoms. The van der Waals surface area contributed by atoms with Crippen molar-refractivity contribution in [2.45, 2.75) is 25.7 Å². The Bertz CT molecular complexity index is 527. The Morgan fingerprint density at radius 3 is 2.47 bits per heavy atom. The summed E-state index contributed by atoms with van der Waals surface area (Å²) in [6.45, 7) is 0. The molecule has 0 radical (unpaired) electrons. The zero-order valence-electron chi connectivity index (χ0n) is 11.7. The van der Waals surface area contributed by atoms with E-state index in [0.717, 1.165) is 24.0 Å². The zero-order valence-corrected chi connectivity index (χ0v) is 11.7. The molecule has 0 spiro atoms. The molecule has 0 N–H and O–H groups in total. The molecule has 0 unspecified atom stereocenters. The van der Waals surface area contributed by atoms with E-state index < -0.39 is 0 Å². The number of rotatable bonds is 3. The maximum Gasteiger partial charge on any atom is 0.0994 e. The van der Waals surface area contributed by atoms with Gasteiger partial charge in [0.1, 0.15) is 0 Å². The Balaban J connectivity index is 2.23. The lowest BCUT2D eigenvalue weighted by Gasteiger charge is -2.13. The van der Waals surface area contributed by atoms with Crippen LogP contribution in [0.5, 0.6) is 0 Å². The van der Waals surface area contributed by atoms with Gasteiger partial charge in [-0.3, -0.25) is 0 Å². The van der Waals surface area contributed by atoms with E-state index in [1.165, 1.54) is 24.1 Å². The lowest BCUT2D eigenvalue weighted by Crippen LogP contribution is -2.07. The van der Waals surface area contributed by atoms with E-state index in [0.29, 0.717) is 0 Å². The zero-order chi connectivity index (χ0) is 13.7. The summed E-state index contributed by atoms with van der Waals surface area (Å²) < 4.78 is 0. The lowest BCUT2D eigenvalue weighted by molar-refractivity contribution is 0.709. The van der Waals surface area contributed by atoms with E-state index in [9.17, 15) is 5.26 Å². The van der Waals surface area contributed by atoms with Gasteiger partial charge in [-0.15, -0.1) is 0 Å². The van der Waals surface area contributed by atoms with Gasteiger partial charge in [-0.1, -0.05) is 18.2 Å². The quantitative estimate of drug-likeness (QED) is 0.755. The molecule has 1 aliphatic carbocycles. The third-order valence-electron chi connectivity index (χ3n) is 3.48. The molecule has 1 aromatic rings. The van der Waals surface area contributed by atoms with Crippen molar-refractivity contribution in [1.29, 1.82) is 5.26 Å². The van der Waals surface area contributed by atoms with E-state index in [4.69, 9.17) is 0 Å². The van der Waals surface area contributed by atoms with Crippen LogP contribution in [0, 0.1) is 11.3 Å². The summed E-state index contributed by atoms with van der Waals surface area (Å²) in [5, 5.41) is 9.32. The third-order valence-corrected chi connectivity index (χ3v) is 3.48. The highest BCUT2D eigenvalue weighted by atomic mass is 15.1. The maximum absolute atomic E-state index is 9.32. The monoisotopic (exact) mass is 252 g/mol. The molecule has 0 amide bonds. The van der Waals surface area contributed by atoms with E-state index in [1.54, 1.807) is 0 Å². The number of anilines is 1. The standard InChI is InChI=1S/C17H20N2/c1-19(2)17-10-8-14(9-11-17)12-16(13-18)15-6-4-3-5-7-15/h6,8-12H,3-5,7H2,1-2H3/b16-12+. The number of nitrogens with zero attached hydrogens (tertiary/aromatic N) is 2. The fourth-order valence-corrected chi connectivity index (χ4v) is 2.31. The van der Waals surface area contributed by atoms with Crippen LogP contribution in [0.15, 0.2) is 41.5 Å². The average molecular weight is 252 g/mol. The summed E-state index contributed by atoms with van der Waals surface area (Å²) in [5.41, 5.74) is 4.30. The summed E-state index contributed by atoms with van der Waals surface area (Å²) in [5.74, 6) is 0. The van der Waals surface area contributed by atoms with Gasteiger partial charge in [-0.05, 0) is 55.0 Å². The van der Waals surface area contributed by atoms with Gasteiger partial charge in [0, 0.05) is 19.8 Å². The molecular formula is C17H20N2. The minimum Gasteiger partial charge on any atom is -0.378 e. The number of nitriles is 1. The van der Waals surface area contributed by atoms with Crippen molar-refractivity contribution in [3.63, 3.8) is 0 Å². The van der Waals surface area contributed by atoms with Gasteiger partial charge < -0.3 is 4.90 Å². The topological polar surface area (TPSA) is 27.0 Å². The number of benzene rings is 1. The van der Waals surface area contributed by atoms with Gasteiger partial charge in [0.25, 0.3) is 0 Å². The highest BCUT2D eigenvalue weighted by Gasteiger charge is 2.08. The molecule has 0 aromatic heterocycles. The molecule has 1 aromatic carbocycles. The van der Waals surface area contributed by atoms with Gasteiger partial charge in [-0.25, -0.2) is 0 Å². The van der Waals surface area contributed by atoms with Gasteiger partial charge in [0.05, 0.1) is 11.6 Å². The van der Waals surface area contributed by atoms with Gasteiger partial charge in [-0.2, -0.15) is 5.26 Å². The predicted molar refractivity (Wildman–Crippen MR) is 80.9 cm³/mol. The first-order chi connectivity index (χ1) is 9.20. The number of allylic oxidation sites excluding steroid dienone is 3. The fourth-order valence-electron chi connectivity index (χ4n) is 2.31. The largest absolute Gasteiger partial charge is 0.378 e. The van der Waals surface area contributed by atoms with Crippen LogP contribution in [0.4, 0.5) is 5.69 Å². The second-order valence-electron chi connectivity index (χ2n) is 5.13. The summed E-state index contributed by atoms with van der Waals surface area (Å²) in [6.07, 6.45) is 8.80. The van der Waals surface area contributed by atoms with E-state index in [-0.39, 0.29) is 0 Å². The number of hydrogen-bond donors (Lipinski definition) is 0. The molecule has 0 bridgehead atoms. The Hall–Kier alpha value is -2.01. The minimum atomic E-state index is 0.817. The Morgan fingerprint density at radius 1 is 1.21 bits per heavy atom. The van der Waals surface area contributed by atoms with E-state index >= 15 is 0 Å². The Labute approximate surface area is 115 Å². The molecule has 2 rings (SSSR count). The second kappa shape index (κ2) is 6.24. The normalized spacial score (nSPS) is 15.6. The molecule has 0 atom stereocenters. The van der Waals surface area contributed by atoms with Crippen LogP contribution in [-0.2, 0) is 0 Å².